The number of pyridine rings is 1. The van der Waals surface area contributed by atoms with Gasteiger partial charge in [-0.3, -0.25) is 9.59 Å². The van der Waals surface area contributed by atoms with Crippen LogP contribution in [0.25, 0.3) is 0 Å². The molecule has 2 heterocycles. The van der Waals surface area contributed by atoms with Crippen LogP contribution in [0.3, 0.4) is 0 Å². The molecule has 1 aliphatic heterocycles. The van der Waals surface area contributed by atoms with Gasteiger partial charge in [0.2, 0.25) is 11.8 Å². The van der Waals surface area contributed by atoms with Crippen molar-refractivity contribution in [1.29, 1.82) is 0 Å². The minimum atomic E-state index is -0.307. The first-order valence-electron chi connectivity index (χ1n) is 9.55. The number of nitrogens with one attached hydrogen (secondary N) is 1. The standard InChI is InChI=1S/C23H21N3O3/c27-21-12-6-14-26(21)16-17-7-4-8-18(15-17)25-22(28)20-11-5-13-24-23(20)29-19-9-2-1-3-10-19/h1-5,7-11,13,15H,6,12,14,16H2,(H,25,28). The fraction of sp³-hybridized carbons (Fsp3) is 0.174. The molecule has 4 rings (SSSR count). The first-order chi connectivity index (χ1) is 14.2. The normalized spacial score (nSPS) is 13.4. The first-order valence-corrected chi connectivity index (χ1v) is 9.55. The van der Waals surface area contributed by atoms with Gasteiger partial charge in [0.1, 0.15) is 11.3 Å². The molecular weight excluding hydrogens is 366 g/mol. The van der Waals surface area contributed by atoms with Crippen LogP contribution in [0.1, 0.15) is 28.8 Å². The second kappa shape index (κ2) is 8.56. The number of benzene rings is 2. The minimum absolute atomic E-state index is 0.178. The molecule has 1 N–H and O–H groups in total. The van der Waals surface area contributed by atoms with Crippen molar-refractivity contribution in [3.63, 3.8) is 0 Å². The quantitative estimate of drug-likeness (QED) is 0.686. The molecule has 0 aliphatic carbocycles. The molecule has 0 unspecified atom stereocenters. The molecule has 1 saturated heterocycles. The van der Waals surface area contributed by atoms with Crippen molar-refractivity contribution in [2.24, 2.45) is 0 Å². The number of aromatic nitrogens is 1. The van der Waals surface area contributed by atoms with Crippen LogP contribution in [-0.2, 0) is 11.3 Å². The van der Waals surface area contributed by atoms with Gasteiger partial charge < -0.3 is 15.0 Å². The fourth-order valence-electron chi connectivity index (χ4n) is 3.28. The molecule has 6 nitrogen and oxygen atoms in total. The molecule has 1 aromatic heterocycles. The zero-order valence-corrected chi connectivity index (χ0v) is 15.9. The van der Waals surface area contributed by atoms with Crippen LogP contribution < -0.4 is 10.1 Å². The van der Waals surface area contributed by atoms with Gasteiger partial charge in [-0.05, 0) is 48.4 Å². The number of carbonyl (C=O) groups excluding carboxylic acids is 2. The first kappa shape index (κ1) is 18.7. The summed E-state index contributed by atoms with van der Waals surface area (Å²) in [5.41, 5.74) is 1.98. The van der Waals surface area contributed by atoms with Gasteiger partial charge in [0.25, 0.3) is 5.91 Å². The Hall–Kier alpha value is -3.67. The molecule has 1 fully saturated rings. The summed E-state index contributed by atoms with van der Waals surface area (Å²) in [4.78, 5) is 30.7. The van der Waals surface area contributed by atoms with Gasteiger partial charge in [0.15, 0.2) is 0 Å². The van der Waals surface area contributed by atoms with Crippen LogP contribution in [0.4, 0.5) is 5.69 Å². The maximum Gasteiger partial charge on any atom is 0.261 e. The van der Waals surface area contributed by atoms with E-state index in [0.29, 0.717) is 30.0 Å². The minimum Gasteiger partial charge on any atom is -0.438 e. The van der Waals surface area contributed by atoms with E-state index in [2.05, 4.69) is 10.3 Å². The Balaban J connectivity index is 1.48. The van der Waals surface area contributed by atoms with Gasteiger partial charge in [0, 0.05) is 31.4 Å². The molecule has 0 bridgehead atoms. The van der Waals surface area contributed by atoms with Crippen LogP contribution >= 0.6 is 0 Å². The van der Waals surface area contributed by atoms with E-state index in [1.165, 1.54) is 0 Å². The fourth-order valence-corrected chi connectivity index (χ4v) is 3.28. The number of hydrogen-bond donors (Lipinski definition) is 1. The second-order valence-corrected chi connectivity index (χ2v) is 6.84. The van der Waals surface area contributed by atoms with E-state index in [9.17, 15) is 9.59 Å². The van der Waals surface area contributed by atoms with Crippen molar-refractivity contribution >= 4 is 17.5 Å². The topological polar surface area (TPSA) is 71.5 Å². The van der Waals surface area contributed by atoms with Crippen molar-refractivity contribution < 1.29 is 14.3 Å². The average Bonchev–Trinajstić information content (AvgIpc) is 3.14. The van der Waals surface area contributed by atoms with E-state index in [1.54, 1.807) is 30.5 Å². The molecular formula is C23H21N3O3. The van der Waals surface area contributed by atoms with Crippen molar-refractivity contribution in [2.75, 3.05) is 11.9 Å². The third-order valence-corrected chi connectivity index (χ3v) is 4.70. The SMILES string of the molecule is O=C(Nc1cccc(CN2CCCC2=O)c1)c1cccnc1Oc1ccccc1. The predicted octanol–water partition coefficient (Wildman–Crippen LogP) is 4.25. The van der Waals surface area contributed by atoms with Crippen LogP contribution in [-0.4, -0.2) is 28.2 Å². The maximum atomic E-state index is 12.8. The number of nitrogens with zero attached hydrogens (tertiary/aromatic N) is 2. The number of anilines is 1. The number of para-hydroxylation sites is 1. The largest absolute Gasteiger partial charge is 0.438 e. The Morgan fingerprint density at radius 1 is 1.07 bits per heavy atom. The third kappa shape index (κ3) is 4.60. The van der Waals surface area contributed by atoms with Crippen molar-refractivity contribution in [2.45, 2.75) is 19.4 Å². The van der Waals surface area contributed by atoms with E-state index in [-0.39, 0.29) is 17.7 Å². The van der Waals surface area contributed by atoms with Gasteiger partial charge in [-0.2, -0.15) is 0 Å². The Morgan fingerprint density at radius 2 is 1.93 bits per heavy atom. The van der Waals surface area contributed by atoms with Gasteiger partial charge in [0.05, 0.1) is 0 Å². The van der Waals surface area contributed by atoms with Gasteiger partial charge >= 0.3 is 0 Å². The maximum absolute atomic E-state index is 12.8. The molecule has 0 spiro atoms. The summed E-state index contributed by atoms with van der Waals surface area (Å²) in [6, 6.07) is 20.1. The van der Waals surface area contributed by atoms with E-state index in [4.69, 9.17) is 4.74 Å². The summed E-state index contributed by atoms with van der Waals surface area (Å²) < 4.78 is 5.78. The smallest absolute Gasteiger partial charge is 0.261 e. The number of amides is 2. The lowest BCUT2D eigenvalue weighted by atomic mass is 10.1. The number of likely N-dealkylation sites (tertiary alicyclic amines) is 1. The molecule has 1 aliphatic rings. The van der Waals surface area contributed by atoms with Gasteiger partial charge in [-0.1, -0.05) is 30.3 Å². The molecule has 2 amide bonds. The van der Waals surface area contributed by atoms with Crippen LogP contribution in [0, 0.1) is 0 Å². The predicted molar refractivity (Wildman–Crippen MR) is 110 cm³/mol. The van der Waals surface area contributed by atoms with Crippen molar-refractivity contribution in [1.82, 2.24) is 9.88 Å². The lowest BCUT2D eigenvalue weighted by molar-refractivity contribution is -0.128. The summed E-state index contributed by atoms with van der Waals surface area (Å²) in [7, 11) is 0. The third-order valence-electron chi connectivity index (χ3n) is 4.70. The molecule has 2 aromatic carbocycles. The van der Waals surface area contributed by atoms with Crippen LogP contribution in [0.5, 0.6) is 11.6 Å². The zero-order valence-electron chi connectivity index (χ0n) is 15.9. The summed E-state index contributed by atoms with van der Waals surface area (Å²) in [5, 5.41) is 2.90. The summed E-state index contributed by atoms with van der Waals surface area (Å²) in [6.45, 7) is 1.34. The molecule has 146 valence electrons. The molecule has 0 atom stereocenters. The van der Waals surface area contributed by atoms with Crippen LogP contribution in [0.15, 0.2) is 72.9 Å². The average molecular weight is 387 g/mol. The number of rotatable bonds is 6. The number of hydrogen-bond acceptors (Lipinski definition) is 4. The monoisotopic (exact) mass is 387 g/mol. The Kier molecular flexibility index (Phi) is 5.52. The van der Waals surface area contributed by atoms with Crippen LogP contribution in [0.2, 0.25) is 0 Å². The molecule has 0 saturated carbocycles. The highest BCUT2D eigenvalue weighted by atomic mass is 16.5. The molecule has 3 aromatic rings. The van der Waals surface area contributed by atoms with E-state index in [0.717, 1.165) is 18.5 Å². The van der Waals surface area contributed by atoms with E-state index >= 15 is 0 Å². The van der Waals surface area contributed by atoms with Crippen molar-refractivity contribution in [3.8, 4) is 11.6 Å². The highest BCUT2D eigenvalue weighted by Crippen LogP contribution is 2.24. The Labute approximate surface area is 169 Å². The highest BCUT2D eigenvalue weighted by Gasteiger charge is 2.20. The summed E-state index contributed by atoms with van der Waals surface area (Å²) in [5.74, 6) is 0.725. The molecule has 0 radical (unpaired) electrons. The summed E-state index contributed by atoms with van der Waals surface area (Å²) >= 11 is 0. The van der Waals surface area contributed by atoms with E-state index < -0.39 is 0 Å². The Morgan fingerprint density at radius 3 is 2.72 bits per heavy atom. The number of carbonyl (C=O) groups is 2. The van der Waals surface area contributed by atoms with E-state index in [1.807, 2.05) is 47.4 Å². The highest BCUT2D eigenvalue weighted by molar-refractivity contribution is 6.05. The summed E-state index contributed by atoms with van der Waals surface area (Å²) in [6.07, 6.45) is 3.10. The van der Waals surface area contributed by atoms with Gasteiger partial charge in [-0.15, -0.1) is 0 Å². The lowest BCUT2D eigenvalue weighted by Crippen LogP contribution is -2.23. The Bertz CT molecular complexity index is 1020. The zero-order chi connectivity index (χ0) is 20.1. The lowest BCUT2D eigenvalue weighted by Gasteiger charge is -2.16. The second-order valence-electron chi connectivity index (χ2n) is 6.84. The van der Waals surface area contributed by atoms with Gasteiger partial charge in [-0.25, -0.2) is 4.98 Å². The number of ether oxygens (including phenoxy) is 1. The molecule has 29 heavy (non-hydrogen) atoms. The van der Waals surface area contributed by atoms with Crippen molar-refractivity contribution in [3.05, 3.63) is 84.1 Å². The molecule has 6 heteroatoms.